The number of urea groups is 1. The number of carbonyl (C=O) groups excluding carboxylic acids is 1. The Bertz CT molecular complexity index is 683. The summed E-state index contributed by atoms with van der Waals surface area (Å²) in [7, 11) is 0. The highest BCUT2D eigenvalue weighted by Gasteiger charge is 2.15. The van der Waals surface area contributed by atoms with E-state index in [1.54, 1.807) is 48.5 Å². The monoisotopic (exact) mass is 262 g/mol. The van der Waals surface area contributed by atoms with Crippen molar-refractivity contribution >= 4 is 17.4 Å². The largest absolute Gasteiger partial charge is 0.351 e. The van der Waals surface area contributed by atoms with Crippen molar-refractivity contribution in [1.82, 2.24) is 0 Å². The third-order valence-corrected chi connectivity index (χ3v) is 2.69. The Morgan fingerprint density at radius 3 is 1.75 bits per heavy atom. The van der Waals surface area contributed by atoms with Crippen molar-refractivity contribution in [3.05, 3.63) is 59.7 Å². The van der Waals surface area contributed by atoms with Crippen LogP contribution in [-0.4, -0.2) is 6.03 Å². The number of benzene rings is 2. The molecule has 0 aliphatic heterocycles. The van der Waals surface area contributed by atoms with E-state index in [1.807, 2.05) is 12.1 Å². The maximum atomic E-state index is 11.7. The van der Waals surface area contributed by atoms with Crippen LogP contribution in [0.3, 0.4) is 0 Å². The lowest BCUT2D eigenvalue weighted by Gasteiger charge is -2.20. The smallest absolute Gasteiger partial charge is 0.323 e. The molecule has 20 heavy (non-hydrogen) atoms. The van der Waals surface area contributed by atoms with Crippen LogP contribution in [0.2, 0.25) is 0 Å². The molecule has 0 unspecified atom stereocenters. The summed E-state index contributed by atoms with van der Waals surface area (Å²) < 4.78 is 0. The number of hydrogen-bond acceptors (Lipinski definition) is 3. The second-order valence-electron chi connectivity index (χ2n) is 4.00. The fraction of sp³-hybridized carbons (Fsp3) is 0. The van der Waals surface area contributed by atoms with Gasteiger partial charge in [0.05, 0.1) is 34.6 Å². The van der Waals surface area contributed by atoms with E-state index in [-0.39, 0.29) is 0 Å². The highest BCUT2D eigenvalue weighted by molar-refractivity contribution is 5.98. The third-order valence-electron chi connectivity index (χ3n) is 2.69. The predicted octanol–water partition coefficient (Wildman–Crippen LogP) is 2.65. The molecule has 0 spiro atoms. The molecular formula is C15H10N4O. The summed E-state index contributed by atoms with van der Waals surface area (Å²) in [6.07, 6.45) is 0. The van der Waals surface area contributed by atoms with E-state index in [4.69, 9.17) is 16.3 Å². The van der Waals surface area contributed by atoms with Gasteiger partial charge in [0.25, 0.3) is 0 Å². The second kappa shape index (κ2) is 5.55. The summed E-state index contributed by atoms with van der Waals surface area (Å²) in [5, 5.41) is 17.8. The normalized spacial score (nSPS) is 9.30. The minimum absolute atomic E-state index is 0.421. The number of carbonyl (C=O) groups is 1. The van der Waals surface area contributed by atoms with Crippen LogP contribution in [-0.2, 0) is 0 Å². The van der Waals surface area contributed by atoms with E-state index in [0.29, 0.717) is 22.5 Å². The number of rotatable bonds is 2. The molecule has 0 aromatic heterocycles. The van der Waals surface area contributed by atoms with Crippen LogP contribution in [0.1, 0.15) is 11.1 Å². The highest BCUT2D eigenvalue weighted by atomic mass is 16.2. The number of primary amides is 1. The standard InChI is InChI=1S/C15H10N4O/c16-9-11-3-1-5-13(7-11)19(15(18)20)14-6-2-4-12(8-14)10-17/h1-8H,(H2,18,20). The first kappa shape index (κ1) is 13.1. The zero-order chi connectivity index (χ0) is 14.5. The molecule has 5 nitrogen and oxygen atoms in total. The van der Waals surface area contributed by atoms with Crippen molar-refractivity contribution in [3.8, 4) is 12.1 Å². The van der Waals surface area contributed by atoms with Crippen molar-refractivity contribution in [2.75, 3.05) is 4.90 Å². The van der Waals surface area contributed by atoms with Gasteiger partial charge in [-0.1, -0.05) is 12.1 Å². The molecule has 2 aromatic carbocycles. The van der Waals surface area contributed by atoms with Gasteiger partial charge in [-0.05, 0) is 36.4 Å². The molecule has 0 saturated carbocycles. The van der Waals surface area contributed by atoms with Crippen LogP contribution in [0.5, 0.6) is 0 Å². The summed E-state index contributed by atoms with van der Waals surface area (Å²) in [6.45, 7) is 0. The Balaban J connectivity index is 2.54. The van der Waals surface area contributed by atoms with E-state index in [0.717, 1.165) is 0 Å². The van der Waals surface area contributed by atoms with Crippen molar-refractivity contribution < 1.29 is 4.79 Å². The lowest BCUT2D eigenvalue weighted by Crippen LogP contribution is -2.31. The zero-order valence-electron chi connectivity index (χ0n) is 10.4. The molecule has 0 saturated heterocycles. The topological polar surface area (TPSA) is 93.9 Å². The van der Waals surface area contributed by atoms with Crippen molar-refractivity contribution in [2.45, 2.75) is 0 Å². The van der Waals surface area contributed by atoms with Gasteiger partial charge >= 0.3 is 6.03 Å². The first-order chi connectivity index (χ1) is 9.65. The molecule has 0 atom stereocenters. The maximum absolute atomic E-state index is 11.7. The Kier molecular flexibility index (Phi) is 3.65. The number of nitrogens with zero attached hydrogens (tertiary/aromatic N) is 3. The Labute approximate surface area is 116 Å². The first-order valence-corrected chi connectivity index (χ1v) is 5.75. The zero-order valence-corrected chi connectivity index (χ0v) is 10.4. The van der Waals surface area contributed by atoms with Crippen LogP contribution in [0, 0.1) is 22.7 Å². The van der Waals surface area contributed by atoms with Gasteiger partial charge in [-0.15, -0.1) is 0 Å². The molecule has 2 aromatic rings. The number of nitriles is 2. The highest BCUT2D eigenvalue weighted by Crippen LogP contribution is 2.26. The van der Waals surface area contributed by atoms with Gasteiger partial charge in [0.15, 0.2) is 0 Å². The summed E-state index contributed by atoms with van der Waals surface area (Å²) in [4.78, 5) is 12.9. The number of amides is 2. The Hall–Kier alpha value is -3.31. The van der Waals surface area contributed by atoms with E-state index in [9.17, 15) is 4.79 Å². The molecule has 5 heteroatoms. The van der Waals surface area contributed by atoms with E-state index in [1.165, 1.54) is 4.90 Å². The summed E-state index contributed by atoms with van der Waals surface area (Å²) >= 11 is 0. The van der Waals surface area contributed by atoms with E-state index in [2.05, 4.69) is 0 Å². The van der Waals surface area contributed by atoms with Crippen LogP contribution in [0.4, 0.5) is 16.2 Å². The van der Waals surface area contributed by atoms with Gasteiger partial charge in [-0.2, -0.15) is 10.5 Å². The minimum atomic E-state index is -0.685. The lowest BCUT2D eigenvalue weighted by atomic mass is 10.1. The van der Waals surface area contributed by atoms with Crippen LogP contribution in [0.25, 0.3) is 0 Å². The average molecular weight is 262 g/mol. The van der Waals surface area contributed by atoms with Gasteiger partial charge in [0.2, 0.25) is 0 Å². The minimum Gasteiger partial charge on any atom is -0.351 e. The third kappa shape index (κ3) is 2.58. The maximum Gasteiger partial charge on any atom is 0.323 e. The molecule has 0 heterocycles. The summed E-state index contributed by atoms with van der Waals surface area (Å²) in [5.74, 6) is 0. The van der Waals surface area contributed by atoms with Crippen LogP contribution >= 0.6 is 0 Å². The molecule has 0 fully saturated rings. The second-order valence-corrected chi connectivity index (χ2v) is 4.00. The molecule has 2 rings (SSSR count). The average Bonchev–Trinajstić information content (AvgIpc) is 2.47. The molecule has 2 N–H and O–H groups in total. The van der Waals surface area contributed by atoms with Gasteiger partial charge in [-0.3, -0.25) is 4.90 Å². The van der Waals surface area contributed by atoms with Crippen molar-refractivity contribution in [3.63, 3.8) is 0 Å². The van der Waals surface area contributed by atoms with Gasteiger partial charge in [0, 0.05) is 0 Å². The van der Waals surface area contributed by atoms with Crippen LogP contribution in [0.15, 0.2) is 48.5 Å². The molecular weight excluding hydrogens is 252 g/mol. The molecule has 2 amide bonds. The molecule has 0 aliphatic rings. The van der Waals surface area contributed by atoms with E-state index >= 15 is 0 Å². The fourth-order valence-electron chi connectivity index (χ4n) is 1.83. The first-order valence-electron chi connectivity index (χ1n) is 5.75. The van der Waals surface area contributed by atoms with Gasteiger partial charge < -0.3 is 5.73 Å². The molecule has 96 valence electrons. The van der Waals surface area contributed by atoms with Gasteiger partial charge in [-0.25, -0.2) is 4.79 Å². The Morgan fingerprint density at radius 2 is 1.40 bits per heavy atom. The molecule has 0 radical (unpaired) electrons. The number of hydrogen-bond donors (Lipinski definition) is 1. The number of nitrogens with two attached hydrogens (primary N) is 1. The molecule has 0 bridgehead atoms. The number of anilines is 2. The predicted molar refractivity (Wildman–Crippen MR) is 74.0 cm³/mol. The van der Waals surface area contributed by atoms with Gasteiger partial charge in [0.1, 0.15) is 0 Å². The summed E-state index contributed by atoms with van der Waals surface area (Å²) in [5.41, 5.74) is 7.20. The van der Waals surface area contributed by atoms with Crippen molar-refractivity contribution in [1.29, 1.82) is 10.5 Å². The quantitative estimate of drug-likeness (QED) is 0.901. The summed E-state index contributed by atoms with van der Waals surface area (Å²) in [6, 6.07) is 16.4. The van der Waals surface area contributed by atoms with Crippen molar-refractivity contribution in [2.24, 2.45) is 5.73 Å². The van der Waals surface area contributed by atoms with E-state index < -0.39 is 6.03 Å². The van der Waals surface area contributed by atoms with Crippen LogP contribution < -0.4 is 10.6 Å². The molecule has 0 aliphatic carbocycles. The SMILES string of the molecule is N#Cc1cccc(N(C(N)=O)c2cccc(C#N)c2)c1. The fourth-order valence-corrected chi connectivity index (χ4v) is 1.83. The Morgan fingerprint density at radius 1 is 0.950 bits per heavy atom. The lowest BCUT2D eigenvalue weighted by molar-refractivity contribution is 0.256.